The number of carbonyl (C=O) groups is 1. The molecule has 3 nitrogen and oxygen atoms in total. The maximum Gasteiger partial charge on any atom is 0.291 e. The van der Waals surface area contributed by atoms with Gasteiger partial charge in [0, 0.05) is 15.5 Å². The van der Waals surface area contributed by atoms with Crippen molar-refractivity contribution in [2.45, 2.75) is 13.8 Å². The molecule has 3 aromatic rings. The summed E-state index contributed by atoms with van der Waals surface area (Å²) in [5.74, 6) is 0.0644. The van der Waals surface area contributed by atoms with Crippen molar-refractivity contribution in [1.29, 1.82) is 0 Å². The van der Waals surface area contributed by atoms with Gasteiger partial charge in [0.25, 0.3) is 5.91 Å². The summed E-state index contributed by atoms with van der Waals surface area (Å²) in [7, 11) is 0. The minimum Gasteiger partial charge on any atom is -0.451 e. The van der Waals surface area contributed by atoms with E-state index in [0.717, 1.165) is 26.7 Å². The molecule has 1 amide bonds. The number of rotatable bonds is 2. The lowest BCUT2D eigenvalue weighted by Gasteiger charge is -2.05. The molecule has 106 valence electrons. The first-order valence-electron chi connectivity index (χ1n) is 6.60. The first-order chi connectivity index (χ1) is 10.0. The first-order valence-corrected chi connectivity index (χ1v) is 7.39. The number of furan rings is 1. The fraction of sp³-hybridized carbons (Fsp3) is 0.118. The Bertz CT molecular complexity index is 816. The Morgan fingerprint density at radius 3 is 2.48 bits per heavy atom. The zero-order chi connectivity index (χ0) is 15.0. The van der Waals surface area contributed by atoms with E-state index in [0.29, 0.717) is 11.3 Å². The van der Waals surface area contributed by atoms with Crippen LogP contribution in [0.2, 0.25) is 0 Å². The zero-order valence-electron chi connectivity index (χ0n) is 11.7. The van der Waals surface area contributed by atoms with Gasteiger partial charge in [-0.2, -0.15) is 0 Å². The van der Waals surface area contributed by atoms with Gasteiger partial charge in [0.2, 0.25) is 0 Å². The Labute approximate surface area is 131 Å². The molecule has 0 spiro atoms. The Morgan fingerprint density at radius 1 is 1.05 bits per heavy atom. The normalized spacial score (nSPS) is 10.8. The Kier molecular flexibility index (Phi) is 3.55. The molecule has 1 aromatic heterocycles. The van der Waals surface area contributed by atoms with Gasteiger partial charge in [-0.15, -0.1) is 0 Å². The lowest BCUT2D eigenvalue weighted by Crippen LogP contribution is -2.11. The van der Waals surface area contributed by atoms with Crippen LogP contribution in [0.5, 0.6) is 0 Å². The second kappa shape index (κ2) is 5.37. The summed E-state index contributed by atoms with van der Waals surface area (Å²) in [5, 5.41) is 3.77. The molecule has 0 radical (unpaired) electrons. The van der Waals surface area contributed by atoms with Gasteiger partial charge < -0.3 is 9.73 Å². The van der Waals surface area contributed by atoms with E-state index >= 15 is 0 Å². The molecule has 4 heteroatoms. The Hall–Kier alpha value is -2.07. The molecule has 1 heterocycles. The highest BCUT2D eigenvalue weighted by atomic mass is 79.9. The van der Waals surface area contributed by atoms with Gasteiger partial charge in [-0.05, 0) is 61.4 Å². The molecule has 0 bridgehead atoms. The van der Waals surface area contributed by atoms with Crippen LogP contribution >= 0.6 is 15.9 Å². The van der Waals surface area contributed by atoms with Gasteiger partial charge in [-0.25, -0.2) is 0 Å². The third kappa shape index (κ3) is 3.00. The van der Waals surface area contributed by atoms with Crippen LogP contribution in [0.25, 0.3) is 11.0 Å². The number of carbonyl (C=O) groups excluding carboxylic acids is 1. The molecule has 0 aliphatic rings. The minimum absolute atomic E-state index is 0.243. The summed E-state index contributed by atoms with van der Waals surface area (Å²) in [6.45, 7) is 4.00. The lowest BCUT2D eigenvalue weighted by atomic mass is 10.1. The van der Waals surface area contributed by atoms with Crippen molar-refractivity contribution in [3.63, 3.8) is 0 Å². The number of benzene rings is 2. The molecule has 0 fully saturated rings. The van der Waals surface area contributed by atoms with Crippen LogP contribution in [0.3, 0.4) is 0 Å². The van der Waals surface area contributed by atoms with E-state index in [4.69, 9.17) is 4.42 Å². The van der Waals surface area contributed by atoms with E-state index in [1.54, 1.807) is 6.07 Å². The van der Waals surface area contributed by atoms with Gasteiger partial charge in [-0.3, -0.25) is 4.79 Å². The van der Waals surface area contributed by atoms with Crippen molar-refractivity contribution in [3.05, 3.63) is 63.8 Å². The molecule has 0 atom stereocenters. The van der Waals surface area contributed by atoms with Crippen molar-refractivity contribution in [2.24, 2.45) is 0 Å². The van der Waals surface area contributed by atoms with E-state index in [9.17, 15) is 4.79 Å². The molecule has 0 saturated carbocycles. The molecule has 3 rings (SSSR count). The summed E-state index contributed by atoms with van der Waals surface area (Å²) < 4.78 is 6.54. The highest BCUT2D eigenvalue weighted by molar-refractivity contribution is 9.10. The maximum absolute atomic E-state index is 12.3. The second-order valence-corrected chi connectivity index (χ2v) is 6.04. The van der Waals surface area contributed by atoms with E-state index in [1.807, 2.05) is 44.2 Å². The molecule has 21 heavy (non-hydrogen) atoms. The minimum atomic E-state index is -0.243. The largest absolute Gasteiger partial charge is 0.451 e. The predicted octanol–water partition coefficient (Wildman–Crippen LogP) is 5.06. The molecule has 2 aromatic carbocycles. The summed E-state index contributed by atoms with van der Waals surface area (Å²) >= 11 is 3.41. The fourth-order valence-corrected chi connectivity index (χ4v) is 2.74. The van der Waals surface area contributed by atoms with Gasteiger partial charge in [0.05, 0.1) is 0 Å². The van der Waals surface area contributed by atoms with Gasteiger partial charge >= 0.3 is 0 Å². The quantitative estimate of drug-likeness (QED) is 0.706. The molecule has 0 aliphatic carbocycles. The number of anilines is 1. The summed E-state index contributed by atoms with van der Waals surface area (Å²) in [5.41, 5.74) is 3.69. The number of hydrogen-bond donors (Lipinski definition) is 1. The monoisotopic (exact) mass is 343 g/mol. The number of nitrogens with one attached hydrogen (secondary N) is 1. The number of hydrogen-bond acceptors (Lipinski definition) is 2. The van der Waals surface area contributed by atoms with Gasteiger partial charge in [-0.1, -0.05) is 22.0 Å². The Morgan fingerprint density at radius 2 is 1.76 bits per heavy atom. The summed E-state index contributed by atoms with van der Waals surface area (Å²) in [6, 6.07) is 13.3. The van der Waals surface area contributed by atoms with Crippen LogP contribution < -0.4 is 5.32 Å². The molecule has 0 saturated heterocycles. The van der Waals surface area contributed by atoms with Crippen LogP contribution in [0.1, 0.15) is 21.7 Å². The molecule has 0 aliphatic heterocycles. The average Bonchev–Trinajstić information content (AvgIpc) is 2.80. The van der Waals surface area contributed by atoms with Crippen molar-refractivity contribution >= 4 is 38.5 Å². The first kappa shape index (κ1) is 13.9. The maximum atomic E-state index is 12.3. The van der Waals surface area contributed by atoms with Crippen LogP contribution in [0, 0.1) is 13.8 Å². The van der Waals surface area contributed by atoms with Gasteiger partial charge in [0.1, 0.15) is 5.58 Å². The average molecular weight is 344 g/mol. The van der Waals surface area contributed by atoms with Gasteiger partial charge in [0.15, 0.2) is 5.76 Å². The number of halogens is 1. The zero-order valence-corrected chi connectivity index (χ0v) is 13.3. The van der Waals surface area contributed by atoms with Crippen LogP contribution in [0.15, 0.2) is 51.4 Å². The summed E-state index contributed by atoms with van der Waals surface area (Å²) in [4.78, 5) is 12.3. The van der Waals surface area contributed by atoms with Crippen molar-refractivity contribution in [1.82, 2.24) is 0 Å². The molecule has 1 N–H and O–H groups in total. The molecular formula is C17H14BrNO2. The fourth-order valence-electron chi connectivity index (χ4n) is 2.37. The van der Waals surface area contributed by atoms with E-state index in [2.05, 4.69) is 27.3 Å². The lowest BCUT2D eigenvalue weighted by molar-refractivity contribution is 0.0998. The van der Waals surface area contributed by atoms with Crippen LogP contribution in [-0.2, 0) is 0 Å². The second-order valence-electron chi connectivity index (χ2n) is 5.12. The topological polar surface area (TPSA) is 42.2 Å². The van der Waals surface area contributed by atoms with Crippen molar-refractivity contribution in [2.75, 3.05) is 5.32 Å². The smallest absolute Gasteiger partial charge is 0.291 e. The molecular weight excluding hydrogens is 330 g/mol. The van der Waals surface area contributed by atoms with E-state index in [1.165, 1.54) is 0 Å². The summed E-state index contributed by atoms with van der Waals surface area (Å²) in [6.07, 6.45) is 0. The highest BCUT2D eigenvalue weighted by Crippen LogP contribution is 2.24. The van der Waals surface area contributed by atoms with E-state index in [-0.39, 0.29) is 5.91 Å². The van der Waals surface area contributed by atoms with Crippen molar-refractivity contribution in [3.8, 4) is 0 Å². The number of amides is 1. The third-order valence-corrected chi connectivity index (χ3v) is 3.67. The van der Waals surface area contributed by atoms with E-state index < -0.39 is 0 Å². The molecule has 0 unspecified atom stereocenters. The number of aryl methyl sites for hydroxylation is 2. The predicted molar refractivity (Wildman–Crippen MR) is 87.8 cm³/mol. The SMILES string of the molecule is Cc1cc(C)cc(NC(=O)c2cc3cc(Br)ccc3o2)c1. The van der Waals surface area contributed by atoms with Crippen LogP contribution in [0.4, 0.5) is 5.69 Å². The van der Waals surface area contributed by atoms with Crippen LogP contribution in [-0.4, -0.2) is 5.91 Å². The Balaban J connectivity index is 1.89. The highest BCUT2D eigenvalue weighted by Gasteiger charge is 2.13. The number of fused-ring (bicyclic) bond motifs is 1. The standard InChI is InChI=1S/C17H14BrNO2/c1-10-5-11(2)7-14(6-10)19-17(20)16-9-12-8-13(18)3-4-15(12)21-16/h3-9H,1-2H3,(H,19,20). The van der Waals surface area contributed by atoms with Crippen molar-refractivity contribution < 1.29 is 9.21 Å². The third-order valence-electron chi connectivity index (χ3n) is 3.18.